The lowest BCUT2D eigenvalue weighted by Gasteiger charge is -2.29. The molecular weight excluding hydrogens is 422 g/mol. The van der Waals surface area contributed by atoms with Gasteiger partial charge in [0.2, 0.25) is 5.88 Å². The molecule has 0 radical (unpaired) electrons. The number of nitrogens with two attached hydrogens (primary N) is 1. The molecule has 0 saturated carbocycles. The Morgan fingerprint density at radius 3 is 2.73 bits per heavy atom. The number of hydrogen-bond donors (Lipinski definition) is 1. The smallest absolute Gasteiger partial charge is 0.258 e. The number of pyridine rings is 1. The van der Waals surface area contributed by atoms with Crippen LogP contribution in [-0.4, -0.2) is 31.5 Å². The van der Waals surface area contributed by atoms with E-state index in [1.807, 2.05) is 6.07 Å². The summed E-state index contributed by atoms with van der Waals surface area (Å²) in [7, 11) is 3.10. The molecule has 4 rings (SSSR count). The second kappa shape index (κ2) is 9.59. The highest BCUT2D eigenvalue weighted by molar-refractivity contribution is 5.59. The Labute approximate surface area is 193 Å². The number of rotatable bonds is 7. The normalized spacial score (nSPS) is 19.6. The lowest BCUT2D eigenvalue weighted by Crippen LogP contribution is -2.35. The van der Waals surface area contributed by atoms with E-state index in [1.54, 1.807) is 29.9 Å². The van der Waals surface area contributed by atoms with Crippen molar-refractivity contribution in [2.75, 3.05) is 20.8 Å². The summed E-state index contributed by atoms with van der Waals surface area (Å²) < 4.78 is 24.3. The van der Waals surface area contributed by atoms with Crippen molar-refractivity contribution in [3.05, 3.63) is 62.9 Å². The second-order valence-corrected chi connectivity index (χ2v) is 8.25. The average molecular weight is 452 g/mol. The molecule has 8 nitrogen and oxygen atoms in total. The maximum atomic E-state index is 14.0. The van der Waals surface area contributed by atoms with Gasteiger partial charge in [0.15, 0.2) is 0 Å². The summed E-state index contributed by atoms with van der Waals surface area (Å²) >= 11 is 0. The standard InChI is InChI=1S/C25H29N3O5/c1-4-6-15-11-21-23(25(29)28(15)14-17-7-5-10-32-17)22(19(13-26)24(27)33-21)18-9-8-16(30-2)12-20(18)31-3/h8-9,11-12,17,22H,4-7,10,14,27H2,1-3H3. The number of ether oxygens (including phenoxy) is 4. The molecule has 0 bridgehead atoms. The first kappa shape index (κ1) is 22.7. The van der Waals surface area contributed by atoms with E-state index in [9.17, 15) is 10.1 Å². The zero-order valence-electron chi connectivity index (χ0n) is 19.2. The van der Waals surface area contributed by atoms with Gasteiger partial charge in [0, 0.05) is 30.0 Å². The first-order valence-electron chi connectivity index (χ1n) is 11.2. The zero-order chi connectivity index (χ0) is 23.5. The lowest BCUT2D eigenvalue weighted by atomic mass is 9.83. The molecule has 1 saturated heterocycles. The summed E-state index contributed by atoms with van der Waals surface area (Å²) in [6, 6.07) is 9.32. The van der Waals surface area contributed by atoms with Gasteiger partial charge in [-0.3, -0.25) is 4.79 Å². The summed E-state index contributed by atoms with van der Waals surface area (Å²) in [5, 5.41) is 9.95. The summed E-state index contributed by atoms with van der Waals surface area (Å²) in [5.41, 5.74) is 8.03. The van der Waals surface area contributed by atoms with Crippen LogP contribution in [0.25, 0.3) is 0 Å². The number of nitriles is 1. The largest absolute Gasteiger partial charge is 0.497 e. The van der Waals surface area contributed by atoms with Crippen molar-refractivity contribution in [1.82, 2.24) is 4.57 Å². The van der Waals surface area contributed by atoms with Crippen LogP contribution in [0.4, 0.5) is 0 Å². The van der Waals surface area contributed by atoms with Gasteiger partial charge in [0.05, 0.1) is 38.3 Å². The van der Waals surface area contributed by atoms with Crippen LogP contribution in [0.5, 0.6) is 17.2 Å². The van der Waals surface area contributed by atoms with Gasteiger partial charge in [0.25, 0.3) is 5.56 Å². The van der Waals surface area contributed by atoms with Crippen LogP contribution in [-0.2, 0) is 17.7 Å². The average Bonchev–Trinajstić information content (AvgIpc) is 3.33. The Balaban J connectivity index is 1.94. The summed E-state index contributed by atoms with van der Waals surface area (Å²) in [6.07, 6.45) is 3.47. The molecule has 0 amide bonds. The summed E-state index contributed by atoms with van der Waals surface area (Å²) in [4.78, 5) is 14.0. The predicted octanol–water partition coefficient (Wildman–Crippen LogP) is 3.22. The fourth-order valence-electron chi connectivity index (χ4n) is 4.64. The van der Waals surface area contributed by atoms with E-state index in [1.165, 1.54) is 7.11 Å². The SMILES string of the molecule is CCCc1cc2c(c(=O)n1CC1CCCO1)C(c1ccc(OC)cc1OC)C(C#N)=C(N)O2. The number of methoxy groups -OCH3 is 2. The first-order chi connectivity index (χ1) is 16.0. The number of aryl methyl sites for hydroxylation is 1. The van der Waals surface area contributed by atoms with Gasteiger partial charge in [-0.15, -0.1) is 0 Å². The first-order valence-corrected chi connectivity index (χ1v) is 11.2. The van der Waals surface area contributed by atoms with Crippen molar-refractivity contribution in [1.29, 1.82) is 5.26 Å². The molecule has 2 N–H and O–H groups in total. The topological polar surface area (TPSA) is 109 Å². The Hall–Kier alpha value is -3.44. The quantitative estimate of drug-likeness (QED) is 0.688. The van der Waals surface area contributed by atoms with Crippen LogP contribution in [0, 0.1) is 11.3 Å². The van der Waals surface area contributed by atoms with E-state index in [2.05, 4.69) is 13.0 Å². The molecule has 2 aliphatic heterocycles. The number of nitrogens with zero attached hydrogens (tertiary/aromatic N) is 2. The minimum Gasteiger partial charge on any atom is -0.497 e. The third kappa shape index (κ3) is 4.16. The third-order valence-corrected chi connectivity index (χ3v) is 6.24. The van der Waals surface area contributed by atoms with Crippen LogP contribution < -0.4 is 25.5 Å². The van der Waals surface area contributed by atoms with Crippen LogP contribution in [0.15, 0.2) is 40.5 Å². The molecule has 2 atom stereocenters. The highest BCUT2D eigenvalue weighted by atomic mass is 16.5. The van der Waals surface area contributed by atoms with E-state index >= 15 is 0 Å². The van der Waals surface area contributed by atoms with Gasteiger partial charge >= 0.3 is 0 Å². The predicted molar refractivity (Wildman–Crippen MR) is 123 cm³/mol. The van der Waals surface area contributed by atoms with Gasteiger partial charge in [-0.1, -0.05) is 19.4 Å². The maximum absolute atomic E-state index is 14.0. The van der Waals surface area contributed by atoms with E-state index < -0.39 is 5.92 Å². The molecule has 1 aromatic carbocycles. The van der Waals surface area contributed by atoms with Gasteiger partial charge in [-0.05, 0) is 25.3 Å². The minimum absolute atomic E-state index is 0.00778. The molecule has 8 heteroatoms. The number of aromatic nitrogens is 1. The number of benzene rings is 1. The van der Waals surface area contributed by atoms with Crippen LogP contribution in [0.2, 0.25) is 0 Å². The molecule has 1 aromatic heterocycles. The molecule has 33 heavy (non-hydrogen) atoms. The van der Waals surface area contributed by atoms with Gasteiger partial charge in [-0.2, -0.15) is 5.26 Å². The summed E-state index contributed by atoms with van der Waals surface area (Å²) in [5.74, 6) is 0.749. The Morgan fingerprint density at radius 1 is 1.27 bits per heavy atom. The third-order valence-electron chi connectivity index (χ3n) is 6.24. The fraction of sp³-hybridized carbons (Fsp3) is 0.440. The van der Waals surface area contributed by atoms with Crippen LogP contribution in [0.1, 0.15) is 48.9 Å². The Morgan fingerprint density at radius 2 is 2.09 bits per heavy atom. The molecule has 2 unspecified atom stereocenters. The molecular formula is C25H29N3O5. The molecule has 1 fully saturated rings. The van der Waals surface area contributed by atoms with Crippen LogP contribution >= 0.6 is 0 Å². The van der Waals surface area contributed by atoms with E-state index in [0.717, 1.165) is 25.0 Å². The van der Waals surface area contributed by atoms with E-state index in [-0.39, 0.29) is 23.1 Å². The molecule has 0 spiro atoms. The van der Waals surface area contributed by atoms with Crippen molar-refractivity contribution in [2.45, 2.75) is 51.2 Å². The minimum atomic E-state index is -0.724. The highest BCUT2D eigenvalue weighted by Gasteiger charge is 2.36. The summed E-state index contributed by atoms with van der Waals surface area (Å²) in [6.45, 7) is 3.24. The number of hydrogen-bond acceptors (Lipinski definition) is 7. The second-order valence-electron chi connectivity index (χ2n) is 8.25. The van der Waals surface area contributed by atoms with Crippen molar-refractivity contribution in [2.24, 2.45) is 5.73 Å². The number of fused-ring (bicyclic) bond motifs is 1. The molecule has 2 aliphatic rings. The van der Waals surface area contributed by atoms with Crippen molar-refractivity contribution in [3.8, 4) is 23.3 Å². The van der Waals surface area contributed by atoms with E-state index in [4.69, 9.17) is 24.7 Å². The maximum Gasteiger partial charge on any atom is 0.258 e. The highest BCUT2D eigenvalue weighted by Crippen LogP contribution is 2.44. The Kier molecular flexibility index (Phi) is 6.61. The van der Waals surface area contributed by atoms with Crippen molar-refractivity contribution < 1.29 is 18.9 Å². The molecule has 174 valence electrons. The van der Waals surface area contributed by atoms with Gasteiger partial charge < -0.3 is 29.2 Å². The zero-order valence-corrected chi connectivity index (χ0v) is 19.2. The van der Waals surface area contributed by atoms with E-state index in [0.29, 0.717) is 47.9 Å². The molecule has 2 aromatic rings. The van der Waals surface area contributed by atoms with Crippen LogP contribution in [0.3, 0.4) is 0 Å². The fourth-order valence-corrected chi connectivity index (χ4v) is 4.64. The van der Waals surface area contributed by atoms with Crippen molar-refractivity contribution in [3.63, 3.8) is 0 Å². The Bertz CT molecular complexity index is 1170. The monoisotopic (exact) mass is 451 g/mol. The van der Waals surface area contributed by atoms with Gasteiger partial charge in [0.1, 0.15) is 28.9 Å². The van der Waals surface area contributed by atoms with Crippen molar-refractivity contribution >= 4 is 0 Å². The number of allylic oxidation sites excluding steroid dienone is 1. The molecule has 0 aliphatic carbocycles. The lowest BCUT2D eigenvalue weighted by molar-refractivity contribution is 0.0952. The molecule has 3 heterocycles. The van der Waals surface area contributed by atoms with Gasteiger partial charge in [-0.25, -0.2) is 0 Å².